The Bertz CT molecular complexity index is 606. The van der Waals surface area contributed by atoms with Gasteiger partial charge < -0.3 is 19.8 Å². The first kappa shape index (κ1) is 14.5. The van der Waals surface area contributed by atoms with Crippen molar-refractivity contribution in [2.24, 2.45) is 0 Å². The first-order chi connectivity index (χ1) is 10.1. The number of aromatic nitrogens is 2. The average molecular weight is 297 g/mol. The summed E-state index contributed by atoms with van der Waals surface area (Å²) in [6.45, 7) is 2.42. The van der Waals surface area contributed by atoms with Gasteiger partial charge in [-0.3, -0.25) is 14.3 Å². The fourth-order valence-electron chi connectivity index (χ4n) is 2.96. The molecule has 3 N–H and O–H groups in total. The van der Waals surface area contributed by atoms with E-state index in [1.54, 1.807) is 0 Å². The van der Waals surface area contributed by atoms with Crippen molar-refractivity contribution in [3.63, 3.8) is 0 Å². The Morgan fingerprint density at radius 1 is 1.24 bits per heavy atom. The van der Waals surface area contributed by atoms with Crippen LogP contribution in [-0.2, 0) is 4.74 Å². The van der Waals surface area contributed by atoms with Crippen LogP contribution in [0.15, 0.2) is 21.9 Å². The van der Waals surface area contributed by atoms with Crippen molar-refractivity contribution in [3.8, 4) is 0 Å². The van der Waals surface area contributed by atoms with Crippen LogP contribution in [0.5, 0.6) is 0 Å². The van der Waals surface area contributed by atoms with E-state index in [4.69, 9.17) is 4.74 Å². The van der Waals surface area contributed by atoms with Crippen LogP contribution in [0.4, 0.5) is 0 Å². The number of aliphatic hydroxyl groups is 2. The lowest BCUT2D eigenvalue weighted by Crippen LogP contribution is -2.39. The summed E-state index contributed by atoms with van der Waals surface area (Å²) in [6.07, 6.45) is -0.308. The van der Waals surface area contributed by atoms with Gasteiger partial charge in [-0.1, -0.05) is 0 Å². The lowest BCUT2D eigenvalue weighted by Gasteiger charge is -2.21. The summed E-state index contributed by atoms with van der Waals surface area (Å²) in [5.41, 5.74) is -1.18. The molecule has 2 saturated heterocycles. The van der Waals surface area contributed by atoms with Crippen molar-refractivity contribution in [1.82, 2.24) is 14.5 Å². The van der Waals surface area contributed by atoms with Crippen molar-refractivity contribution >= 4 is 0 Å². The molecule has 8 nitrogen and oxygen atoms in total. The van der Waals surface area contributed by atoms with Crippen LogP contribution in [-0.4, -0.2) is 62.6 Å². The number of aromatic amines is 1. The van der Waals surface area contributed by atoms with Crippen LogP contribution in [0.1, 0.15) is 19.1 Å². The molecular weight excluding hydrogens is 278 g/mol. The topological polar surface area (TPSA) is 108 Å². The molecule has 0 radical (unpaired) electrons. The normalized spacial score (nSPS) is 33.6. The molecule has 8 heteroatoms. The highest BCUT2D eigenvalue weighted by molar-refractivity contribution is 4.94. The number of likely N-dealkylation sites (tertiary alicyclic amines) is 1. The van der Waals surface area contributed by atoms with Crippen LogP contribution in [0.25, 0.3) is 0 Å². The summed E-state index contributed by atoms with van der Waals surface area (Å²) in [5, 5.41) is 20.2. The second kappa shape index (κ2) is 5.72. The SMILES string of the molecule is O=c1ccn([C@@H]2O[C@H](CN3CCCC3)[C@@H](O)[C@H]2O)c(=O)[nH]1. The molecule has 0 saturated carbocycles. The zero-order valence-electron chi connectivity index (χ0n) is 11.5. The Kier molecular flexibility index (Phi) is 3.94. The molecule has 0 bridgehead atoms. The number of H-pyrrole nitrogens is 1. The number of ether oxygens (including phenoxy) is 1. The highest BCUT2D eigenvalue weighted by atomic mass is 16.6. The molecule has 2 fully saturated rings. The van der Waals surface area contributed by atoms with Crippen LogP contribution in [0, 0.1) is 0 Å². The highest BCUT2D eigenvalue weighted by Gasteiger charge is 2.44. The molecule has 4 atom stereocenters. The zero-order valence-corrected chi connectivity index (χ0v) is 11.5. The van der Waals surface area contributed by atoms with Crippen molar-refractivity contribution in [3.05, 3.63) is 33.1 Å². The van der Waals surface area contributed by atoms with Crippen LogP contribution >= 0.6 is 0 Å². The van der Waals surface area contributed by atoms with Crippen molar-refractivity contribution in [2.75, 3.05) is 19.6 Å². The van der Waals surface area contributed by atoms with Gasteiger partial charge in [0.25, 0.3) is 5.56 Å². The number of hydrogen-bond acceptors (Lipinski definition) is 6. The van der Waals surface area contributed by atoms with Gasteiger partial charge in [0.15, 0.2) is 6.23 Å². The predicted molar refractivity (Wildman–Crippen MR) is 72.9 cm³/mol. The van der Waals surface area contributed by atoms with E-state index in [1.807, 2.05) is 0 Å². The largest absolute Gasteiger partial charge is 0.387 e. The number of aliphatic hydroxyl groups excluding tert-OH is 2. The maximum Gasteiger partial charge on any atom is 0.330 e. The Hall–Kier alpha value is -1.48. The van der Waals surface area contributed by atoms with Gasteiger partial charge in [0.2, 0.25) is 0 Å². The van der Waals surface area contributed by atoms with Crippen LogP contribution in [0.2, 0.25) is 0 Å². The summed E-state index contributed by atoms with van der Waals surface area (Å²) in [7, 11) is 0. The fourth-order valence-corrected chi connectivity index (χ4v) is 2.96. The van der Waals surface area contributed by atoms with E-state index in [2.05, 4.69) is 9.88 Å². The molecule has 0 amide bonds. The molecular formula is C13H19N3O5. The summed E-state index contributed by atoms with van der Waals surface area (Å²) in [4.78, 5) is 27.1. The number of rotatable bonds is 3. The number of hydrogen-bond donors (Lipinski definition) is 3. The maximum absolute atomic E-state index is 11.8. The van der Waals surface area contributed by atoms with E-state index in [9.17, 15) is 19.8 Å². The van der Waals surface area contributed by atoms with Gasteiger partial charge in [0.1, 0.15) is 18.3 Å². The second-order valence-corrected chi connectivity index (χ2v) is 5.57. The zero-order chi connectivity index (χ0) is 15.0. The van der Waals surface area contributed by atoms with Gasteiger partial charge in [0.05, 0.1) is 0 Å². The van der Waals surface area contributed by atoms with Gasteiger partial charge >= 0.3 is 5.69 Å². The Labute approximate surface area is 120 Å². The first-order valence-electron chi connectivity index (χ1n) is 7.11. The standard InChI is InChI=1S/C13H19N3O5/c17-9-3-6-16(13(20)14-9)12-11(19)10(18)8(21-12)7-15-4-1-2-5-15/h3,6,8,10-12,18-19H,1-2,4-5,7H2,(H,14,17,20)/t8-,10-,11-,12-/m1/s1. The third-order valence-corrected chi connectivity index (χ3v) is 4.10. The van der Waals surface area contributed by atoms with Crippen LogP contribution < -0.4 is 11.2 Å². The third-order valence-electron chi connectivity index (χ3n) is 4.10. The van der Waals surface area contributed by atoms with Crippen LogP contribution in [0.3, 0.4) is 0 Å². The summed E-state index contributed by atoms with van der Waals surface area (Å²) >= 11 is 0. The molecule has 1 aromatic rings. The Balaban J connectivity index is 1.77. The molecule has 0 aromatic carbocycles. The molecule has 2 aliphatic rings. The monoisotopic (exact) mass is 297 g/mol. The van der Waals surface area contributed by atoms with Gasteiger partial charge in [0, 0.05) is 18.8 Å². The lowest BCUT2D eigenvalue weighted by molar-refractivity contribution is -0.0468. The first-order valence-corrected chi connectivity index (χ1v) is 7.11. The Morgan fingerprint density at radius 3 is 2.62 bits per heavy atom. The molecule has 0 aliphatic carbocycles. The van der Waals surface area contributed by atoms with Crippen molar-refractivity contribution in [1.29, 1.82) is 0 Å². The number of nitrogens with one attached hydrogen (secondary N) is 1. The average Bonchev–Trinajstić information content (AvgIpc) is 3.04. The molecule has 1 aromatic heterocycles. The van der Waals surface area contributed by atoms with E-state index < -0.39 is 35.8 Å². The molecule has 2 aliphatic heterocycles. The third kappa shape index (κ3) is 2.80. The molecule has 3 heterocycles. The lowest BCUT2D eigenvalue weighted by atomic mass is 10.1. The number of nitrogens with zero attached hydrogens (tertiary/aromatic N) is 2. The quantitative estimate of drug-likeness (QED) is 0.611. The van der Waals surface area contributed by atoms with E-state index in [-0.39, 0.29) is 0 Å². The van der Waals surface area contributed by atoms with E-state index in [1.165, 1.54) is 12.3 Å². The van der Waals surface area contributed by atoms with Crippen molar-refractivity contribution in [2.45, 2.75) is 37.4 Å². The van der Waals surface area contributed by atoms with E-state index in [0.29, 0.717) is 6.54 Å². The van der Waals surface area contributed by atoms with Crippen molar-refractivity contribution < 1.29 is 14.9 Å². The van der Waals surface area contributed by atoms with E-state index in [0.717, 1.165) is 30.5 Å². The highest BCUT2D eigenvalue weighted by Crippen LogP contribution is 2.29. The van der Waals surface area contributed by atoms with Gasteiger partial charge in [-0.05, 0) is 25.9 Å². The predicted octanol–water partition coefficient (Wildman–Crippen LogP) is -1.75. The minimum atomic E-state index is -1.21. The molecule has 3 rings (SSSR count). The van der Waals surface area contributed by atoms with E-state index >= 15 is 0 Å². The summed E-state index contributed by atoms with van der Waals surface area (Å²) < 4.78 is 6.75. The maximum atomic E-state index is 11.8. The molecule has 21 heavy (non-hydrogen) atoms. The summed E-state index contributed by atoms with van der Waals surface area (Å²) in [6, 6.07) is 1.18. The minimum Gasteiger partial charge on any atom is -0.387 e. The fraction of sp³-hybridized carbons (Fsp3) is 0.692. The second-order valence-electron chi connectivity index (χ2n) is 5.57. The molecule has 0 unspecified atom stereocenters. The van der Waals surface area contributed by atoms with Gasteiger partial charge in [-0.25, -0.2) is 4.79 Å². The Morgan fingerprint density at radius 2 is 1.95 bits per heavy atom. The molecule has 116 valence electrons. The smallest absolute Gasteiger partial charge is 0.330 e. The van der Waals surface area contributed by atoms with Gasteiger partial charge in [-0.15, -0.1) is 0 Å². The minimum absolute atomic E-state index is 0.516. The van der Waals surface area contributed by atoms with Gasteiger partial charge in [-0.2, -0.15) is 0 Å². The molecule has 0 spiro atoms. The summed E-state index contributed by atoms with van der Waals surface area (Å²) in [5.74, 6) is 0.